The zero-order chi connectivity index (χ0) is 26.4. The summed E-state index contributed by atoms with van der Waals surface area (Å²) >= 11 is 0. The SMILES string of the molecule is CC(CC(CO)C(O)C(O)COC1OC(CO)C(O)C(O)C1O)NC1C=C(CO)C(O)C(O)C1O. The maximum absolute atomic E-state index is 10.5. The Morgan fingerprint density at radius 1 is 0.943 bits per heavy atom. The van der Waals surface area contributed by atoms with Crippen LogP contribution in [0, 0.1) is 5.92 Å². The molecule has 0 aromatic heterocycles. The summed E-state index contributed by atoms with van der Waals surface area (Å²) in [5.41, 5.74) is 0.131. The molecule has 0 aromatic carbocycles. The number of hydrogen-bond donors (Lipinski definition) is 12. The fraction of sp³-hybridized carbons (Fsp3) is 0.905. The molecule has 1 heterocycles. The molecule has 0 amide bonds. The fourth-order valence-corrected chi connectivity index (χ4v) is 4.32. The summed E-state index contributed by atoms with van der Waals surface area (Å²) in [6, 6.07) is -1.31. The van der Waals surface area contributed by atoms with Crippen LogP contribution in [0.1, 0.15) is 13.3 Å². The van der Waals surface area contributed by atoms with Gasteiger partial charge in [0.15, 0.2) is 6.29 Å². The molecule has 2 aliphatic rings. The molecule has 14 heteroatoms. The molecule has 0 aromatic rings. The lowest BCUT2D eigenvalue weighted by Crippen LogP contribution is -2.59. The third-order valence-corrected chi connectivity index (χ3v) is 6.52. The molecule has 0 radical (unpaired) electrons. The van der Waals surface area contributed by atoms with E-state index in [-0.39, 0.29) is 12.0 Å². The summed E-state index contributed by atoms with van der Waals surface area (Å²) in [5, 5.41) is 112. The summed E-state index contributed by atoms with van der Waals surface area (Å²) in [4.78, 5) is 0. The standard InChI is InChI=1S/C21H39NO13/c1-8(22-11-3-10(5-24)15(28)18(31)16(11)29)2-9(4-23)14(27)12(26)7-34-21-20(33)19(32)17(30)13(6-25)35-21/h3,8-9,11-33H,2,4-7H2,1H3. The smallest absolute Gasteiger partial charge is 0.186 e. The van der Waals surface area contributed by atoms with E-state index in [1.54, 1.807) is 6.92 Å². The van der Waals surface area contributed by atoms with Gasteiger partial charge in [-0.05, 0) is 18.9 Å². The maximum atomic E-state index is 10.5. The number of nitrogens with one attached hydrogen (secondary N) is 1. The van der Waals surface area contributed by atoms with Crippen molar-refractivity contribution < 1.29 is 65.6 Å². The summed E-state index contributed by atoms with van der Waals surface area (Å²) in [6.07, 6.45) is -13.5. The second-order valence-corrected chi connectivity index (χ2v) is 9.19. The minimum atomic E-state index is -1.68. The van der Waals surface area contributed by atoms with E-state index in [9.17, 15) is 56.2 Å². The number of rotatable bonds is 12. The molecule has 2 rings (SSSR count). The van der Waals surface area contributed by atoms with Crippen molar-refractivity contribution in [1.82, 2.24) is 5.32 Å². The molecule has 13 atom stereocenters. The quantitative estimate of drug-likeness (QED) is 0.109. The van der Waals surface area contributed by atoms with Crippen LogP contribution in [0.3, 0.4) is 0 Å². The van der Waals surface area contributed by atoms with Crippen LogP contribution in [0.15, 0.2) is 11.6 Å². The van der Waals surface area contributed by atoms with Gasteiger partial charge in [-0.15, -0.1) is 0 Å². The summed E-state index contributed by atoms with van der Waals surface area (Å²) in [6.45, 7) is -0.611. The largest absolute Gasteiger partial charge is 0.396 e. The Morgan fingerprint density at radius 3 is 2.17 bits per heavy atom. The van der Waals surface area contributed by atoms with Crippen LogP contribution in [0.2, 0.25) is 0 Å². The molecule has 1 fully saturated rings. The Bertz CT molecular complexity index is 667. The van der Waals surface area contributed by atoms with Crippen LogP contribution in [0.25, 0.3) is 0 Å². The molecule has 12 N–H and O–H groups in total. The summed E-state index contributed by atoms with van der Waals surface area (Å²) in [7, 11) is 0. The van der Waals surface area contributed by atoms with Crippen LogP contribution >= 0.6 is 0 Å². The Kier molecular flexibility index (Phi) is 11.9. The van der Waals surface area contributed by atoms with Crippen molar-refractivity contribution in [3.63, 3.8) is 0 Å². The Morgan fingerprint density at radius 2 is 1.60 bits per heavy atom. The van der Waals surface area contributed by atoms with E-state index >= 15 is 0 Å². The molecule has 0 spiro atoms. The zero-order valence-electron chi connectivity index (χ0n) is 19.4. The molecule has 14 nitrogen and oxygen atoms in total. The van der Waals surface area contributed by atoms with Crippen molar-refractivity contribution >= 4 is 0 Å². The first-order valence-corrected chi connectivity index (χ1v) is 11.5. The van der Waals surface area contributed by atoms with Gasteiger partial charge < -0.3 is 71.0 Å². The topological polar surface area (TPSA) is 253 Å². The molecule has 0 bridgehead atoms. The van der Waals surface area contributed by atoms with E-state index < -0.39 is 106 Å². The van der Waals surface area contributed by atoms with E-state index in [1.807, 2.05) is 0 Å². The predicted octanol–water partition coefficient (Wildman–Crippen LogP) is -6.11. The van der Waals surface area contributed by atoms with Gasteiger partial charge in [0, 0.05) is 18.6 Å². The molecule has 13 unspecified atom stereocenters. The highest BCUT2D eigenvalue weighted by Crippen LogP contribution is 2.24. The van der Waals surface area contributed by atoms with Crippen LogP contribution < -0.4 is 5.32 Å². The second kappa shape index (κ2) is 13.6. The minimum Gasteiger partial charge on any atom is -0.396 e. The normalized spacial score (nSPS) is 39.5. The number of hydrogen-bond acceptors (Lipinski definition) is 14. The van der Waals surface area contributed by atoms with Gasteiger partial charge >= 0.3 is 0 Å². The maximum Gasteiger partial charge on any atom is 0.186 e. The predicted molar refractivity (Wildman–Crippen MR) is 117 cm³/mol. The molecule has 1 aliphatic carbocycles. The van der Waals surface area contributed by atoms with Gasteiger partial charge in [0.2, 0.25) is 0 Å². The molecule has 1 saturated heterocycles. The first-order chi connectivity index (χ1) is 16.5. The Hall–Kier alpha value is -0.820. The van der Waals surface area contributed by atoms with Crippen molar-refractivity contribution in [3.05, 3.63) is 11.6 Å². The molecular formula is C21H39NO13. The average Bonchev–Trinajstić information content (AvgIpc) is 2.85. The number of aliphatic hydroxyl groups excluding tert-OH is 11. The highest BCUT2D eigenvalue weighted by molar-refractivity contribution is 5.21. The van der Waals surface area contributed by atoms with Gasteiger partial charge in [0.05, 0.1) is 32.0 Å². The number of ether oxygens (including phenoxy) is 2. The third-order valence-electron chi connectivity index (χ3n) is 6.52. The first kappa shape index (κ1) is 30.4. The van der Waals surface area contributed by atoms with Crippen LogP contribution in [0.4, 0.5) is 0 Å². The summed E-state index contributed by atoms with van der Waals surface area (Å²) in [5.74, 6) is -0.872. The van der Waals surface area contributed by atoms with Crippen molar-refractivity contribution in [1.29, 1.82) is 0 Å². The van der Waals surface area contributed by atoms with Gasteiger partial charge in [-0.25, -0.2) is 0 Å². The van der Waals surface area contributed by atoms with Gasteiger partial charge in [0.25, 0.3) is 0 Å². The summed E-state index contributed by atoms with van der Waals surface area (Å²) < 4.78 is 10.4. The lowest BCUT2D eigenvalue weighted by Gasteiger charge is -2.40. The highest BCUT2D eigenvalue weighted by Gasteiger charge is 2.44. The molecular weight excluding hydrogens is 474 g/mol. The van der Waals surface area contributed by atoms with E-state index in [4.69, 9.17) is 9.47 Å². The van der Waals surface area contributed by atoms with Gasteiger partial charge in [-0.2, -0.15) is 0 Å². The van der Waals surface area contributed by atoms with E-state index in [0.29, 0.717) is 0 Å². The highest BCUT2D eigenvalue weighted by atomic mass is 16.7. The average molecular weight is 514 g/mol. The van der Waals surface area contributed by atoms with Crippen LogP contribution in [0.5, 0.6) is 0 Å². The van der Waals surface area contributed by atoms with E-state index in [1.165, 1.54) is 6.08 Å². The van der Waals surface area contributed by atoms with Crippen molar-refractivity contribution in [2.24, 2.45) is 5.92 Å². The van der Waals surface area contributed by atoms with Crippen molar-refractivity contribution in [2.75, 3.05) is 26.4 Å². The monoisotopic (exact) mass is 513 g/mol. The Balaban J connectivity index is 1.92. The second-order valence-electron chi connectivity index (χ2n) is 9.19. The zero-order valence-corrected chi connectivity index (χ0v) is 19.4. The first-order valence-electron chi connectivity index (χ1n) is 11.5. The minimum absolute atomic E-state index is 0.0962. The van der Waals surface area contributed by atoms with Crippen molar-refractivity contribution in [3.8, 4) is 0 Å². The van der Waals surface area contributed by atoms with Gasteiger partial charge in [-0.3, -0.25) is 0 Å². The van der Waals surface area contributed by atoms with E-state index in [0.717, 1.165) is 0 Å². The van der Waals surface area contributed by atoms with Crippen LogP contribution in [-0.2, 0) is 9.47 Å². The molecule has 0 saturated carbocycles. The molecule has 1 aliphatic heterocycles. The lowest BCUT2D eigenvalue weighted by atomic mass is 9.87. The fourth-order valence-electron chi connectivity index (χ4n) is 4.32. The van der Waals surface area contributed by atoms with Crippen molar-refractivity contribution in [2.45, 2.75) is 86.7 Å². The van der Waals surface area contributed by atoms with Crippen LogP contribution in [-0.4, -0.2) is 156 Å². The molecule has 206 valence electrons. The lowest BCUT2D eigenvalue weighted by molar-refractivity contribution is -0.306. The van der Waals surface area contributed by atoms with E-state index in [2.05, 4.69) is 5.32 Å². The van der Waals surface area contributed by atoms with Gasteiger partial charge in [0.1, 0.15) is 48.8 Å². The van der Waals surface area contributed by atoms with Gasteiger partial charge in [-0.1, -0.05) is 6.08 Å². The Labute approximate surface area is 202 Å². The molecule has 35 heavy (non-hydrogen) atoms. The number of aliphatic hydroxyl groups is 11. The third kappa shape index (κ3) is 7.37.